The van der Waals surface area contributed by atoms with E-state index in [0.29, 0.717) is 19.5 Å². The maximum Gasteiger partial charge on any atom is 0.238 e. The molecule has 86 valence electrons. The second kappa shape index (κ2) is 4.63. The summed E-state index contributed by atoms with van der Waals surface area (Å²) in [4.78, 5) is 11.7. The van der Waals surface area contributed by atoms with Gasteiger partial charge in [-0.05, 0) is 5.56 Å². The normalized spacial score (nSPS) is 21.8. The van der Waals surface area contributed by atoms with Gasteiger partial charge in [0.25, 0.3) is 0 Å². The fourth-order valence-electron chi connectivity index (χ4n) is 2.16. The number of nitrogens with two attached hydrogens (primary N) is 1. The lowest BCUT2D eigenvalue weighted by molar-refractivity contribution is -0.135. The molecule has 0 aliphatic carbocycles. The van der Waals surface area contributed by atoms with Crippen LogP contribution < -0.4 is 5.73 Å². The van der Waals surface area contributed by atoms with Gasteiger partial charge in [0.2, 0.25) is 5.91 Å². The van der Waals surface area contributed by atoms with Gasteiger partial charge in [0.15, 0.2) is 0 Å². The van der Waals surface area contributed by atoms with E-state index in [-0.39, 0.29) is 11.9 Å². The number of rotatable bonds is 3. The number of hydrazine groups is 1. The largest absolute Gasteiger partial charge is 0.329 e. The molecule has 1 saturated heterocycles. The van der Waals surface area contributed by atoms with Crippen LogP contribution in [0, 0.1) is 0 Å². The van der Waals surface area contributed by atoms with Crippen molar-refractivity contribution in [1.29, 1.82) is 0 Å². The molecule has 1 aliphatic rings. The van der Waals surface area contributed by atoms with Crippen molar-refractivity contribution in [1.82, 2.24) is 10.0 Å². The van der Waals surface area contributed by atoms with Crippen LogP contribution in [0.2, 0.25) is 0 Å². The smallest absolute Gasteiger partial charge is 0.238 e. The highest BCUT2D eigenvalue weighted by molar-refractivity contribution is 5.78. The Kier molecular flexibility index (Phi) is 3.22. The fraction of sp³-hybridized carbons (Fsp3) is 0.417. The van der Waals surface area contributed by atoms with Crippen LogP contribution in [0.3, 0.4) is 0 Å². The molecule has 2 rings (SSSR count). The van der Waals surface area contributed by atoms with Crippen LogP contribution in [-0.4, -0.2) is 36.1 Å². The Morgan fingerprint density at radius 2 is 2.06 bits per heavy atom. The third-order valence-corrected chi connectivity index (χ3v) is 3.02. The van der Waals surface area contributed by atoms with Crippen LogP contribution in [0.15, 0.2) is 30.3 Å². The predicted octanol–water partition coefficient (Wildman–Crippen LogP) is 0.765. The van der Waals surface area contributed by atoms with Crippen molar-refractivity contribution in [3.8, 4) is 0 Å². The van der Waals surface area contributed by atoms with Gasteiger partial charge in [0.1, 0.15) is 0 Å². The summed E-state index contributed by atoms with van der Waals surface area (Å²) >= 11 is 0. The van der Waals surface area contributed by atoms with Gasteiger partial charge in [-0.1, -0.05) is 30.3 Å². The van der Waals surface area contributed by atoms with Gasteiger partial charge in [0.05, 0.1) is 6.04 Å². The van der Waals surface area contributed by atoms with Crippen molar-refractivity contribution in [2.45, 2.75) is 12.5 Å². The summed E-state index contributed by atoms with van der Waals surface area (Å²) in [6.45, 7) is 1.27. The van der Waals surface area contributed by atoms with E-state index in [9.17, 15) is 4.79 Å². The van der Waals surface area contributed by atoms with Gasteiger partial charge in [0, 0.05) is 26.6 Å². The number of hydrogen-bond donors (Lipinski definition) is 1. The Balaban J connectivity index is 2.23. The standard InChI is InChI=1S/C12H17N3O/c1-14-12(16)9-11(15(14)8-7-13)10-5-3-2-4-6-10/h2-6,11H,7-9,13H2,1H3. The molecule has 0 radical (unpaired) electrons. The summed E-state index contributed by atoms with van der Waals surface area (Å²) in [5.41, 5.74) is 6.75. The molecule has 1 heterocycles. The maximum atomic E-state index is 11.7. The molecule has 0 saturated carbocycles. The van der Waals surface area contributed by atoms with E-state index in [1.54, 1.807) is 12.1 Å². The van der Waals surface area contributed by atoms with E-state index in [1.165, 1.54) is 5.56 Å². The molecule has 1 aliphatic heterocycles. The van der Waals surface area contributed by atoms with Crippen LogP contribution in [0.1, 0.15) is 18.0 Å². The Hall–Kier alpha value is -1.39. The summed E-state index contributed by atoms with van der Waals surface area (Å²) in [6.07, 6.45) is 0.542. The van der Waals surface area contributed by atoms with E-state index < -0.39 is 0 Å². The number of nitrogens with zero attached hydrogens (tertiary/aromatic N) is 2. The van der Waals surface area contributed by atoms with Crippen LogP contribution in [-0.2, 0) is 4.79 Å². The molecule has 1 atom stereocenters. The Labute approximate surface area is 95.6 Å². The first-order valence-electron chi connectivity index (χ1n) is 5.52. The summed E-state index contributed by atoms with van der Waals surface area (Å²) in [5, 5.41) is 3.72. The second-order valence-electron chi connectivity index (χ2n) is 4.00. The zero-order valence-corrected chi connectivity index (χ0v) is 9.47. The molecule has 0 aromatic heterocycles. The topological polar surface area (TPSA) is 49.6 Å². The van der Waals surface area contributed by atoms with Crippen molar-refractivity contribution in [2.24, 2.45) is 5.73 Å². The Morgan fingerprint density at radius 1 is 1.38 bits per heavy atom. The Morgan fingerprint density at radius 3 is 2.69 bits per heavy atom. The zero-order valence-electron chi connectivity index (χ0n) is 9.47. The summed E-state index contributed by atoms with van der Waals surface area (Å²) < 4.78 is 0. The van der Waals surface area contributed by atoms with E-state index in [4.69, 9.17) is 5.73 Å². The number of hydrogen-bond acceptors (Lipinski definition) is 3. The SMILES string of the molecule is CN1C(=O)CC(c2ccccc2)N1CCN. The summed E-state index contributed by atoms with van der Waals surface area (Å²) in [5.74, 6) is 0.155. The summed E-state index contributed by atoms with van der Waals surface area (Å²) in [6, 6.07) is 10.2. The molecule has 0 spiro atoms. The molecular formula is C12H17N3O. The molecular weight excluding hydrogens is 202 g/mol. The molecule has 1 unspecified atom stereocenters. The molecule has 1 aromatic rings. The lowest BCUT2D eigenvalue weighted by atomic mass is 10.0. The monoisotopic (exact) mass is 219 g/mol. The number of carbonyl (C=O) groups excluding carboxylic acids is 1. The minimum Gasteiger partial charge on any atom is -0.329 e. The maximum absolute atomic E-state index is 11.7. The first kappa shape index (κ1) is 11.1. The lowest BCUT2D eigenvalue weighted by Gasteiger charge is -2.28. The van der Waals surface area contributed by atoms with Crippen LogP contribution in [0.4, 0.5) is 0 Å². The molecule has 16 heavy (non-hydrogen) atoms. The van der Waals surface area contributed by atoms with Gasteiger partial charge in [-0.15, -0.1) is 0 Å². The van der Waals surface area contributed by atoms with E-state index in [2.05, 4.69) is 12.1 Å². The minimum absolute atomic E-state index is 0.141. The number of amides is 1. The molecule has 1 aromatic carbocycles. The lowest BCUT2D eigenvalue weighted by Crippen LogP contribution is -2.39. The minimum atomic E-state index is 0.141. The average Bonchev–Trinajstić information content (AvgIpc) is 2.59. The van der Waals surface area contributed by atoms with Crippen LogP contribution in [0.25, 0.3) is 0 Å². The van der Waals surface area contributed by atoms with E-state index in [0.717, 1.165) is 0 Å². The summed E-state index contributed by atoms with van der Waals surface area (Å²) in [7, 11) is 1.81. The van der Waals surface area contributed by atoms with Gasteiger partial charge in [-0.25, -0.2) is 5.01 Å². The van der Waals surface area contributed by atoms with Crippen molar-refractivity contribution >= 4 is 5.91 Å². The third kappa shape index (κ3) is 1.94. The molecule has 0 bridgehead atoms. The van der Waals surface area contributed by atoms with E-state index in [1.807, 2.05) is 23.2 Å². The number of benzene rings is 1. The highest BCUT2D eigenvalue weighted by atomic mass is 16.2. The molecule has 4 nitrogen and oxygen atoms in total. The van der Waals surface area contributed by atoms with Gasteiger partial charge >= 0.3 is 0 Å². The van der Waals surface area contributed by atoms with Crippen molar-refractivity contribution in [3.05, 3.63) is 35.9 Å². The quantitative estimate of drug-likeness (QED) is 0.816. The van der Waals surface area contributed by atoms with Gasteiger partial charge < -0.3 is 5.73 Å². The average molecular weight is 219 g/mol. The predicted molar refractivity (Wildman–Crippen MR) is 62.3 cm³/mol. The molecule has 4 heteroatoms. The molecule has 1 amide bonds. The highest BCUT2D eigenvalue weighted by Gasteiger charge is 2.35. The third-order valence-electron chi connectivity index (χ3n) is 3.02. The first-order valence-corrected chi connectivity index (χ1v) is 5.52. The highest BCUT2D eigenvalue weighted by Crippen LogP contribution is 2.31. The van der Waals surface area contributed by atoms with Crippen LogP contribution in [0.5, 0.6) is 0 Å². The molecule has 2 N–H and O–H groups in total. The van der Waals surface area contributed by atoms with Gasteiger partial charge in [-0.3, -0.25) is 9.80 Å². The second-order valence-corrected chi connectivity index (χ2v) is 4.00. The van der Waals surface area contributed by atoms with E-state index >= 15 is 0 Å². The van der Waals surface area contributed by atoms with Crippen molar-refractivity contribution in [2.75, 3.05) is 20.1 Å². The zero-order chi connectivity index (χ0) is 11.5. The van der Waals surface area contributed by atoms with Gasteiger partial charge in [-0.2, -0.15) is 0 Å². The Bertz CT molecular complexity index is 366. The van der Waals surface area contributed by atoms with Crippen LogP contribution >= 0.6 is 0 Å². The van der Waals surface area contributed by atoms with Crippen molar-refractivity contribution in [3.63, 3.8) is 0 Å². The first-order chi connectivity index (χ1) is 7.74. The molecule has 1 fully saturated rings. The fourth-order valence-corrected chi connectivity index (χ4v) is 2.16. The number of carbonyl (C=O) groups is 1. The van der Waals surface area contributed by atoms with Crippen molar-refractivity contribution < 1.29 is 4.79 Å².